The lowest BCUT2D eigenvalue weighted by Gasteiger charge is -2.24. The Balaban J connectivity index is 0.00000625. The second kappa shape index (κ2) is 11.5. The highest BCUT2D eigenvalue weighted by atomic mass is 127. The number of hydrogen-bond acceptors (Lipinski definition) is 2. The quantitative estimate of drug-likeness (QED) is 0.263. The third-order valence-corrected chi connectivity index (χ3v) is 3.42. The van der Waals surface area contributed by atoms with Crippen molar-refractivity contribution in [2.24, 2.45) is 4.99 Å². The van der Waals surface area contributed by atoms with Crippen molar-refractivity contribution < 1.29 is 22.0 Å². The maximum absolute atomic E-state index is 14.0. The van der Waals surface area contributed by atoms with Crippen molar-refractivity contribution in [1.29, 1.82) is 0 Å². The van der Waals surface area contributed by atoms with E-state index in [1.54, 1.807) is 25.9 Å². The predicted octanol–water partition coefficient (Wildman–Crippen LogP) is 3.69. The number of nitrogens with one attached hydrogen (secondary N) is 2. The van der Waals surface area contributed by atoms with Gasteiger partial charge in [0.15, 0.2) is 5.96 Å². The fourth-order valence-electron chi connectivity index (χ4n) is 2.18. The third-order valence-electron chi connectivity index (χ3n) is 3.42. The number of nitrogens with zero attached hydrogens (tertiary/aromatic N) is 2. The zero-order chi connectivity index (χ0) is 19.0. The van der Waals surface area contributed by atoms with Crippen molar-refractivity contribution in [1.82, 2.24) is 15.5 Å². The number of alkyl halides is 3. The number of rotatable bonds is 7. The van der Waals surface area contributed by atoms with Gasteiger partial charge in [0.25, 0.3) is 0 Å². The Morgan fingerprint density at radius 2 is 1.73 bits per heavy atom. The predicted molar refractivity (Wildman–Crippen MR) is 103 cm³/mol. The van der Waals surface area contributed by atoms with Crippen LogP contribution in [0.5, 0.6) is 0 Å². The average molecular weight is 494 g/mol. The molecular formula is C16H24F5IN4. The molecule has 0 saturated heterocycles. The molecule has 150 valence electrons. The summed E-state index contributed by atoms with van der Waals surface area (Å²) in [5.74, 6) is -1.22. The minimum absolute atomic E-state index is 0. The Morgan fingerprint density at radius 1 is 1.15 bits per heavy atom. The van der Waals surface area contributed by atoms with E-state index >= 15 is 0 Å². The fourth-order valence-corrected chi connectivity index (χ4v) is 2.18. The molecule has 1 unspecified atom stereocenters. The van der Waals surface area contributed by atoms with Gasteiger partial charge in [-0.3, -0.25) is 4.99 Å². The minimum Gasteiger partial charge on any atom is -0.357 e. The first-order chi connectivity index (χ1) is 11.7. The van der Waals surface area contributed by atoms with Gasteiger partial charge in [-0.15, -0.1) is 24.0 Å². The number of guanidine groups is 1. The van der Waals surface area contributed by atoms with E-state index < -0.39 is 30.3 Å². The molecular weight excluding hydrogens is 470 g/mol. The molecule has 0 aliphatic rings. The number of hydrogen-bond donors (Lipinski definition) is 2. The Kier molecular flexibility index (Phi) is 11.0. The smallest absolute Gasteiger partial charge is 0.357 e. The van der Waals surface area contributed by atoms with Gasteiger partial charge in [0.05, 0.1) is 19.0 Å². The Hall–Kier alpha value is -1.17. The molecule has 1 atom stereocenters. The molecule has 0 amide bonds. The molecule has 1 rings (SSSR count). The van der Waals surface area contributed by atoms with E-state index in [4.69, 9.17) is 0 Å². The Morgan fingerprint density at radius 3 is 2.19 bits per heavy atom. The average Bonchev–Trinajstić information content (AvgIpc) is 2.48. The van der Waals surface area contributed by atoms with Crippen molar-refractivity contribution in [2.75, 3.05) is 33.7 Å². The molecule has 1 aromatic rings. The van der Waals surface area contributed by atoms with Crippen molar-refractivity contribution in [3.8, 4) is 0 Å². The van der Waals surface area contributed by atoms with Crippen LogP contribution in [-0.4, -0.2) is 50.8 Å². The van der Waals surface area contributed by atoms with E-state index in [2.05, 4.69) is 15.6 Å². The monoisotopic (exact) mass is 494 g/mol. The summed E-state index contributed by atoms with van der Waals surface area (Å²) in [6.45, 7) is 1.85. The summed E-state index contributed by atoms with van der Waals surface area (Å²) in [6, 6.07) is 2.89. The summed E-state index contributed by atoms with van der Waals surface area (Å²) in [5.41, 5.74) is -0.123. The Bertz CT molecular complexity index is 558. The molecule has 0 bridgehead atoms. The first-order valence-electron chi connectivity index (χ1n) is 7.85. The summed E-state index contributed by atoms with van der Waals surface area (Å²) >= 11 is 0. The van der Waals surface area contributed by atoms with E-state index in [1.807, 2.05) is 0 Å². The maximum atomic E-state index is 14.0. The zero-order valence-electron chi connectivity index (χ0n) is 14.8. The van der Waals surface area contributed by atoms with Gasteiger partial charge in [0.1, 0.15) is 11.6 Å². The molecule has 0 aromatic heterocycles. The van der Waals surface area contributed by atoms with Crippen molar-refractivity contribution in [3.63, 3.8) is 0 Å². The molecule has 26 heavy (non-hydrogen) atoms. The van der Waals surface area contributed by atoms with Gasteiger partial charge in [-0.05, 0) is 33.2 Å². The number of aliphatic imine (C=N–C) groups is 1. The Labute approximate surface area is 167 Å². The summed E-state index contributed by atoms with van der Waals surface area (Å²) in [5, 5.41) is 5.37. The fraction of sp³-hybridized carbons (Fsp3) is 0.562. The number of benzene rings is 1. The van der Waals surface area contributed by atoms with Crippen LogP contribution in [0.25, 0.3) is 0 Å². The van der Waals surface area contributed by atoms with Gasteiger partial charge in [-0.2, -0.15) is 13.2 Å². The van der Waals surface area contributed by atoms with Crippen LogP contribution in [0.1, 0.15) is 24.9 Å². The first-order valence-corrected chi connectivity index (χ1v) is 7.85. The third kappa shape index (κ3) is 8.47. The summed E-state index contributed by atoms with van der Waals surface area (Å²) in [7, 11) is 3.30. The van der Waals surface area contributed by atoms with E-state index in [-0.39, 0.29) is 48.6 Å². The van der Waals surface area contributed by atoms with Gasteiger partial charge in [-0.1, -0.05) is 6.07 Å². The SMILES string of the molecule is CCNC(=NCC(c1c(F)cccc1F)N(C)C)NCCC(F)(F)F.I. The van der Waals surface area contributed by atoms with Crippen molar-refractivity contribution >= 4 is 29.9 Å². The van der Waals surface area contributed by atoms with E-state index in [9.17, 15) is 22.0 Å². The largest absolute Gasteiger partial charge is 0.390 e. The molecule has 0 radical (unpaired) electrons. The van der Waals surface area contributed by atoms with Crippen LogP contribution in [-0.2, 0) is 0 Å². The molecule has 4 nitrogen and oxygen atoms in total. The molecule has 1 aromatic carbocycles. The van der Waals surface area contributed by atoms with E-state index in [0.29, 0.717) is 6.54 Å². The van der Waals surface area contributed by atoms with E-state index in [1.165, 1.54) is 6.07 Å². The van der Waals surface area contributed by atoms with Gasteiger partial charge < -0.3 is 15.5 Å². The minimum atomic E-state index is -4.27. The second-order valence-electron chi connectivity index (χ2n) is 5.63. The molecule has 0 spiro atoms. The lowest BCUT2D eigenvalue weighted by atomic mass is 10.0. The van der Waals surface area contributed by atoms with Crippen LogP contribution in [0.4, 0.5) is 22.0 Å². The topological polar surface area (TPSA) is 39.7 Å². The molecule has 10 heteroatoms. The maximum Gasteiger partial charge on any atom is 0.390 e. The van der Waals surface area contributed by atoms with Crippen LogP contribution < -0.4 is 10.6 Å². The summed E-state index contributed by atoms with van der Waals surface area (Å²) in [4.78, 5) is 5.77. The van der Waals surface area contributed by atoms with Gasteiger partial charge in [0.2, 0.25) is 0 Å². The first kappa shape index (κ1) is 24.8. The van der Waals surface area contributed by atoms with Crippen LogP contribution >= 0.6 is 24.0 Å². The second-order valence-corrected chi connectivity index (χ2v) is 5.63. The van der Waals surface area contributed by atoms with Gasteiger partial charge >= 0.3 is 6.18 Å². The number of halogens is 6. The van der Waals surface area contributed by atoms with Crippen LogP contribution in [0.2, 0.25) is 0 Å². The van der Waals surface area contributed by atoms with Gasteiger partial charge in [-0.25, -0.2) is 8.78 Å². The summed E-state index contributed by atoms with van der Waals surface area (Å²) < 4.78 is 64.7. The highest BCUT2D eigenvalue weighted by Gasteiger charge is 2.26. The lowest BCUT2D eigenvalue weighted by Crippen LogP contribution is -2.39. The zero-order valence-corrected chi connectivity index (χ0v) is 17.2. The van der Waals surface area contributed by atoms with Crippen molar-refractivity contribution in [2.45, 2.75) is 25.6 Å². The standard InChI is InChI=1S/C16H23F5N4.HI/c1-4-22-15(23-9-8-16(19,20)21)24-10-13(25(2)3)14-11(17)6-5-7-12(14)18;/h5-7,13H,4,8-10H2,1-3H3,(H2,22,23,24);1H. The van der Waals surface area contributed by atoms with E-state index in [0.717, 1.165) is 12.1 Å². The van der Waals surface area contributed by atoms with Crippen LogP contribution in [0, 0.1) is 11.6 Å². The molecule has 2 N–H and O–H groups in total. The summed E-state index contributed by atoms with van der Waals surface area (Å²) in [6.07, 6.45) is -5.27. The van der Waals surface area contributed by atoms with Crippen molar-refractivity contribution in [3.05, 3.63) is 35.4 Å². The normalized spacial score (nSPS) is 13.3. The molecule has 0 aliphatic heterocycles. The molecule has 0 fully saturated rings. The molecule has 0 saturated carbocycles. The molecule has 0 aliphatic carbocycles. The number of likely N-dealkylation sites (N-methyl/N-ethyl adjacent to an activating group) is 1. The highest BCUT2D eigenvalue weighted by Crippen LogP contribution is 2.24. The highest BCUT2D eigenvalue weighted by molar-refractivity contribution is 14.0. The lowest BCUT2D eigenvalue weighted by molar-refractivity contribution is -0.132. The van der Waals surface area contributed by atoms with Gasteiger partial charge in [0, 0.05) is 18.7 Å². The molecule has 0 heterocycles. The van der Waals surface area contributed by atoms with Crippen LogP contribution in [0.3, 0.4) is 0 Å². The van der Waals surface area contributed by atoms with Crippen LogP contribution in [0.15, 0.2) is 23.2 Å².